The van der Waals surface area contributed by atoms with Gasteiger partial charge in [0, 0.05) is 11.4 Å². The summed E-state index contributed by atoms with van der Waals surface area (Å²) in [7, 11) is 1.30. The maximum atomic E-state index is 13.5. The SMILES string of the molecule is COC(=O)C(NCc1cccs1)c1ccc(Cl)c(F)c1. The minimum atomic E-state index is -0.728. The molecule has 106 valence electrons. The summed E-state index contributed by atoms with van der Waals surface area (Å²) in [5.74, 6) is -1.03. The minimum absolute atomic E-state index is 0.0237. The molecule has 1 unspecified atom stereocenters. The van der Waals surface area contributed by atoms with Crippen LogP contribution in [0.2, 0.25) is 5.02 Å². The van der Waals surface area contributed by atoms with Crippen molar-refractivity contribution in [3.05, 3.63) is 57.0 Å². The first-order valence-electron chi connectivity index (χ1n) is 5.90. The van der Waals surface area contributed by atoms with E-state index >= 15 is 0 Å². The van der Waals surface area contributed by atoms with Gasteiger partial charge in [-0.15, -0.1) is 11.3 Å². The molecular weight excluding hydrogens is 301 g/mol. The fourth-order valence-electron chi connectivity index (χ4n) is 1.76. The van der Waals surface area contributed by atoms with Crippen LogP contribution in [0.5, 0.6) is 0 Å². The third-order valence-electron chi connectivity index (χ3n) is 2.77. The molecule has 0 amide bonds. The van der Waals surface area contributed by atoms with Crippen LogP contribution in [0, 0.1) is 5.82 Å². The number of nitrogens with one attached hydrogen (secondary N) is 1. The minimum Gasteiger partial charge on any atom is -0.468 e. The maximum Gasteiger partial charge on any atom is 0.327 e. The van der Waals surface area contributed by atoms with Crippen molar-refractivity contribution < 1.29 is 13.9 Å². The molecule has 2 aromatic rings. The summed E-state index contributed by atoms with van der Waals surface area (Å²) in [6, 6.07) is 7.42. The molecule has 0 saturated carbocycles. The predicted molar refractivity (Wildman–Crippen MR) is 77.3 cm³/mol. The molecule has 0 aliphatic rings. The number of rotatable bonds is 5. The van der Waals surface area contributed by atoms with Crippen LogP contribution in [0.3, 0.4) is 0 Å². The van der Waals surface area contributed by atoms with Gasteiger partial charge in [-0.1, -0.05) is 23.7 Å². The van der Waals surface area contributed by atoms with E-state index in [4.69, 9.17) is 16.3 Å². The molecule has 1 aromatic carbocycles. The number of esters is 1. The van der Waals surface area contributed by atoms with Gasteiger partial charge in [-0.05, 0) is 29.1 Å². The summed E-state index contributed by atoms with van der Waals surface area (Å²) in [6.45, 7) is 0.502. The van der Waals surface area contributed by atoms with Gasteiger partial charge in [0.25, 0.3) is 0 Å². The average Bonchev–Trinajstić information content (AvgIpc) is 2.95. The Kier molecular flexibility index (Phi) is 5.11. The Morgan fingerprint density at radius 2 is 2.30 bits per heavy atom. The van der Waals surface area contributed by atoms with Crippen molar-refractivity contribution in [1.29, 1.82) is 0 Å². The van der Waals surface area contributed by atoms with E-state index < -0.39 is 17.8 Å². The molecule has 1 aromatic heterocycles. The highest BCUT2D eigenvalue weighted by Crippen LogP contribution is 2.22. The Labute approximate surface area is 125 Å². The van der Waals surface area contributed by atoms with Crippen molar-refractivity contribution in [2.75, 3.05) is 7.11 Å². The first-order valence-corrected chi connectivity index (χ1v) is 7.16. The van der Waals surface area contributed by atoms with Gasteiger partial charge in [0.1, 0.15) is 11.9 Å². The van der Waals surface area contributed by atoms with Crippen LogP contribution in [-0.4, -0.2) is 13.1 Å². The maximum absolute atomic E-state index is 13.5. The highest BCUT2D eigenvalue weighted by molar-refractivity contribution is 7.09. The van der Waals surface area contributed by atoms with E-state index in [9.17, 15) is 9.18 Å². The van der Waals surface area contributed by atoms with E-state index in [0.29, 0.717) is 12.1 Å². The molecule has 6 heteroatoms. The molecule has 1 atom stereocenters. The molecule has 2 rings (SSSR count). The fraction of sp³-hybridized carbons (Fsp3) is 0.214. The zero-order chi connectivity index (χ0) is 14.5. The molecule has 1 N–H and O–H groups in total. The number of methoxy groups -OCH3 is 1. The van der Waals surface area contributed by atoms with E-state index in [2.05, 4.69) is 5.32 Å². The smallest absolute Gasteiger partial charge is 0.327 e. The van der Waals surface area contributed by atoms with Crippen molar-refractivity contribution in [2.24, 2.45) is 0 Å². The lowest BCUT2D eigenvalue weighted by Crippen LogP contribution is -2.29. The number of carbonyl (C=O) groups excluding carboxylic acids is 1. The lowest BCUT2D eigenvalue weighted by atomic mass is 10.1. The van der Waals surface area contributed by atoms with Crippen LogP contribution in [0.4, 0.5) is 4.39 Å². The first kappa shape index (κ1) is 15.0. The molecule has 0 bridgehead atoms. The fourth-order valence-corrected chi connectivity index (χ4v) is 2.54. The van der Waals surface area contributed by atoms with Gasteiger partial charge in [0.15, 0.2) is 0 Å². The second kappa shape index (κ2) is 6.83. The second-order valence-corrected chi connectivity index (χ2v) is 5.53. The van der Waals surface area contributed by atoms with E-state index in [0.717, 1.165) is 4.88 Å². The summed E-state index contributed by atoms with van der Waals surface area (Å²) in [5.41, 5.74) is 0.482. The highest BCUT2D eigenvalue weighted by Gasteiger charge is 2.22. The molecule has 20 heavy (non-hydrogen) atoms. The third kappa shape index (κ3) is 3.56. The number of carbonyl (C=O) groups is 1. The largest absolute Gasteiger partial charge is 0.468 e. The van der Waals surface area contributed by atoms with E-state index in [-0.39, 0.29) is 5.02 Å². The van der Waals surface area contributed by atoms with Gasteiger partial charge in [-0.2, -0.15) is 0 Å². The van der Waals surface area contributed by atoms with Crippen LogP contribution >= 0.6 is 22.9 Å². The van der Waals surface area contributed by atoms with Crippen LogP contribution in [0.15, 0.2) is 35.7 Å². The number of benzene rings is 1. The van der Waals surface area contributed by atoms with Crippen LogP contribution in [0.1, 0.15) is 16.5 Å². The lowest BCUT2D eigenvalue weighted by Gasteiger charge is -2.16. The monoisotopic (exact) mass is 313 g/mol. The number of ether oxygens (including phenoxy) is 1. The molecule has 1 heterocycles. The Morgan fingerprint density at radius 1 is 1.50 bits per heavy atom. The molecule has 0 aliphatic heterocycles. The average molecular weight is 314 g/mol. The lowest BCUT2D eigenvalue weighted by molar-refractivity contribution is -0.143. The van der Waals surface area contributed by atoms with E-state index in [1.165, 1.54) is 19.2 Å². The zero-order valence-electron chi connectivity index (χ0n) is 10.7. The molecule has 0 aliphatic carbocycles. The molecule has 0 spiro atoms. The standard InChI is InChI=1S/C14H13ClFNO2S/c1-19-14(18)13(17-8-10-3-2-6-20-10)9-4-5-11(15)12(16)7-9/h2-7,13,17H,8H2,1H3. The van der Waals surface area contributed by atoms with Gasteiger partial charge in [-0.25, -0.2) is 9.18 Å². The van der Waals surface area contributed by atoms with Crippen LogP contribution in [0.25, 0.3) is 0 Å². The van der Waals surface area contributed by atoms with Crippen molar-refractivity contribution in [1.82, 2.24) is 5.32 Å². The van der Waals surface area contributed by atoms with Gasteiger partial charge >= 0.3 is 5.97 Å². The number of halogens is 2. The highest BCUT2D eigenvalue weighted by atomic mass is 35.5. The second-order valence-electron chi connectivity index (χ2n) is 4.09. The van der Waals surface area contributed by atoms with E-state index in [1.807, 2.05) is 17.5 Å². The van der Waals surface area contributed by atoms with Crippen LogP contribution in [-0.2, 0) is 16.1 Å². The normalized spacial score (nSPS) is 12.2. The Bertz CT molecular complexity index is 589. The van der Waals surface area contributed by atoms with Gasteiger partial charge in [0.2, 0.25) is 0 Å². The van der Waals surface area contributed by atoms with Gasteiger partial charge in [-0.3, -0.25) is 5.32 Å². The first-order chi connectivity index (χ1) is 9.61. The number of hydrogen-bond acceptors (Lipinski definition) is 4. The van der Waals surface area contributed by atoms with Gasteiger partial charge < -0.3 is 4.74 Å². The summed E-state index contributed by atoms with van der Waals surface area (Å²) >= 11 is 7.22. The van der Waals surface area contributed by atoms with Crippen molar-refractivity contribution in [3.63, 3.8) is 0 Å². The summed E-state index contributed by atoms with van der Waals surface area (Å²) in [6.07, 6.45) is 0. The Morgan fingerprint density at radius 3 is 2.90 bits per heavy atom. The molecule has 0 fully saturated rings. The Balaban J connectivity index is 2.18. The molecular formula is C14H13ClFNO2S. The van der Waals surface area contributed by atoms with E-state index in [1.54, 1.807) is 17.4 Å². The predicted octanol–water partition coefficient (Wildman–Crippen LogP) is 3.54. The molecule has 0 radical (unpaired) electrons. The topological polar surface area (TPSA) is 38.3 Å². The summed E-state index contributed by atoms with van der Waals surface area (Å²) in [5, 5.41) is 5.04. The third-order valence-corrected chi connectivity index (χ3v) is 3.96. The van der Waals surface area contributed by atoms with Gasteiger partial charge in [0.05, 0.1) is 12.1 Å². The van der Waals surface area contributed by atoms with Crippen molar-refractivity contribution >= 4 is 28.9 Å². The van der Waals surface area contributed by atoms with Crippen molar-refractivity contribution in [2.45, 2.75) is 12.6 Å². The zero-order valence-corrected chi connectivity index (χ0v) is 12.3. The Hall–Kier alpha value is -1.43. The molecule has 0 saturated heterocycles. The van der Waals surface area contributed by atoms with Crippen molar-refractivity contribution in [3.8, 4) is 0 Å². The quantitative estimate of drug-likeness (QED) is 0.858. The molecule has 3 nitrogen and oxygen atoms in total. The number of thiophene rings is 1. The summed E-state index contributed by atoms with van der Waals surface area (Å²) in [4.78, 5) is 12.9. The number of hydrogen-bond donors (Lipinski definition) is 1. The summed E-state index contributed by atoms with van der Waals surface area (Å²) < 4.78 is 18.3. The van der Waals surface area contributed by atoms with Crippen LogP contribution < -0.4 is 5.32 Å².